The molecule has 2 rings (SSSR count). The number of hydrogen-bond donors (Lipinski definition) is 0. The van der Waals surface area contributed by atoms with Gasteiger partial charge in [-0.25, -0.2) is 0 Å². The van der Waals surface area contributed by atoms with E-state index >= 15 is 0 Å². The Hall–Kier alpha value is -0.690. The molecule has 0 saturated heterocycles. The summed E-state index contributed by atoms with van der Waals surface area (Å²) in [5, 5.41) is 0.776. The smallest absolute Gasteiger partial charge is 0.121 e. The van der Waals surface area contributed by atoms with Gasteiger partial charge in [0.15, 0.2) is 0 Å². The number of halogens is 1. The number of benzene rings is 1. The van der Waals surface area contributed by atoms with Crippen LogP contribution in [0.4, 0.5) is 0 Å². The lowest BCUT2D eigenvalue weighted by Crippen LogP contribution is -2.08. The standard InChI is InChI=1S/C15H21ClO/c1-11(2)13-7-14(16)9-15(8-13)17-10-12-5-3-4-6-12/h7-9,11-12H,3-6,10H2,1-2H3. The normalized spacial score (nSPS) is 16.7. The maximum absolute atomic E-state index is 6.11. The topological polar surface area (TPSA) is 9.23 Å². The predicted molar refractivity (Wildman–Crippen MR) is 73.0 cm³/mol. The molecule has 0 radical (unpaired) electrons. The number of rotatable bonds is 4. The van der Waals surface area contributed by atoms with Gasteiger partial charge in [-0.05, 0) is 48.4 Å². The SMILES string of the molecule is CC(C)c1cc(Cl)cc(OCC2CCCC2)c1. The molecule has 0 aliphatic heterocycles. The van der Waals surface area contributed by atoms with Crippen molar-refractivity contribution in [1.29, 1.82) is 0 Å². The van der Waals surface area contributed by atoms with Crippen LogP contribution in [0, 0.1) is 5.92 Å². The molecule has 0 N–H and O–H groups in total. The highest BCUT2D eigenvalue weighted by Gasteiger charge is 2.15. The third-order valence-corrected chi connectivity index (χ3v) is 3.74. The largest absolute Gasteiger partial charge is 0.493 e. The molecule has 94 valence electrons. The van der Waals surface area contributed by atoms with E-state index in [0.717, 1.165) is 23.3 Å². The average Bonchev–Trinajstić information content (AvgIpc) is 2.78. The van der Waals surface area contributed by atoms with Crippen molar-refractivity contribution in [3.63, 3.8) is 0 Å². The van der Waals surface area contributed by atoms with Crippen LogP contribution in [0.3, 0.4) is 0 Å². The molecule has 2 heteroatoms. The fraction of sp³-hybridized carbons (Fsp3) is 0.600. The molecule has 0 amide bonds. The predicted octanol–water partition coefficient (Wildman–Crippen LogP) is 5.03. The van der Waals surface area contributed by atoms with Crippen LogP contribution < -0.4 is 4.74 Å². The Morgan fingerprint density at radius 1 is 1.24 bits per heavy atom. The van der Waals surface area contributed by atoms with E-state index in [4.69, 9.17) is 16.3 Å². The quantitative estimate of drug-likeness (QED) is 0.730. The van der Waals surface area contributed by atoms with Crippen LogP contribution in [-0.4, -0.2) is 6.61 Å². The molecule has 1 fully saturated rings. The summed E-state index contributed by atoms with van der Waals surface area (Å²) in [5.41, 5.74) is 1.25. The Kier molecular flexibility index (Phi) is 4.33. The highest BCUT2D eigenvalue weighted by molar-refractivity contribution is 6.30. The minimum Gasteiger partial charge on any atom is -0.493 e. The van der Waals surface area contributed by atoms with E-state index in [0.29, 0.717) is 5.92 Å². The summed E-state index contributed by atoms with van der Waals surface area (Å²) >= 11 is 6.11. The number of hydrogen-bond acceptors (Lipinski definition) is 1. The molecular weight excluding hydrogens is 232 g/mol. The summed E-state index contributed by atoms with van der Waals surface area (Å²) in [6.07, 6.45) is 5.36. The van der Waals surface area contributed by atoms with Gasteiger partial charge in [0, 0.05) is 5.02 Å². The highest BCUT2D eigenvalue weighted by Crippen LogP contribution is 2.28. The molecule has 1 nitrogen and oxygen atoms in total. The first kappa shape index (κ1) is 12.8. The maximum atomic E-state index is 6.11. The molecule has 1 aliphatic rings. The summed E-state index contributed by atoms with van der Waals surface area (Å²) in [4.78, 5) is 0. The van der Waals surface area contributed by atoms with Crippen LogP contribution >= 0.6 is 11.6 Å². The van der Waals surface area contributed by atoms with Crippen molar-refractivity contribution in [1.82, 2.24) is 0 Å². The van der Waals surface area contributed by atoms with Crippen molar-refractivity contribution < 1.29 is 4.74 Å². The summed E-state index contributed by atoms with van der Waals surface area (Å²) in [5.74, 6) is 2.16. The van der Waals surface area contributed by atoms with Gasteiger partial charge in [-0.3, -0.25) is 0 Å². The van der Waals surface area contributed by atoms with Crippen molar-refractivity contribution in [2.24, 2.45) is 5.92 Å². The number of ether oxygens (including phenoxy) is 1. The Morgan fingerprint density at radius 2 is 1.94 bits per heavy atom. The molecule has 0 spiro atoms. The van der Waals surface area contributed by atoms with Gasteiger partial charge in [-0.15, -0.1) is 0 Å². The molecule has 0 unspecified atom stereocenters. The molecule has 1 aliphatic carbocycles. The Labute approximate surface area is 109 Å². The van der Waals surface area contributed by atoms with E-state index in [-0.39, 0.29) is 0 Å². The summed E-state index contributed by atoms with van der Waals surface area (Å²) in [7, 11) is 0. The zero-order valence-corrected chi connectivity index (χ0v) is 11.5. The van der Waals surface area contributed by atoms with Crippen molar-refractivity contribution in [2.45, 2.75) is 45.4 Å². The molecule has 0 aromatic heterocycles. The van der Waals surface area contributed by atoms with Crippen molar-refractivity contribution in [2.75, 3.05) is 6.61 Å². The third kappa shape index (κ3) is 3.64. The van der Waals surface area contributed by atoms with Crippen molar-refractivity contribution >= 4 is 11.6 Å². The summed E-state index contributed by atoms with van der Waals surface area (Å²) in [6, 6.07) is 6.06. The third-order valence-electron chi connectivity index (χ3n) is 3.52. The van der Waals surface area contributed by atoms with E-state index in [9.17, 15) is 0 Å². The molecule has 0 heterocycles. The van der Waals surface area contributed by atoms with Gasteiger partial charge in [0.2, 0.25) is 0 Å². The molecular formula is C15H21ClO. The van der Waals surface area contributed by atoms with Crippen LogP contribution in [0.5, 0.6) is 5.75 Å². The first-order valence-corrected chi connectivity index (χ1v) is 6.96. The van der Waals surface area contributed by atoms with E-state index in [2.05, 4.69) is 19.9 Å². The second-order valence-electron chi connectivity index (χ2n) is 5.34. The van der Waals surface area contributed by atoms with E-state index in [1.54, 1.807) is 0 Å². The highest BCUT2D eigenvalue weighted by atomic mass is 35.5. The lowest BCUT2D eigenvalue weighted by Gasteiger charge is -2.14. The maximum Gasteiger partial charge on any atom is 0.121 e. The van der Waals surface area contributed by atoms with Gasteiger partial charge in [-0.2, -0.15) is 0 Å². The molecule has 1 aromatic carbocycles. The van der Waals surface area contributed by atoms with Crippen molar-refractivity contribution in [3.8, 4) is 5.75 Å². The first-order chi connectivity index (χ1) is 8.15. The summed E-state index contributed by atoms with van der Waals surface area (Å²) in [6.45, 7) is 5.19. The summed E-state index contributed by atoms with van der Waals surface area (Å²) < 4.78 is 5.88. The minimum atomic E-state index is 0.488. The van der Waals surface area contributed by atoms with Gasteiger partial charge in [0.1, 0.15) is 5.75 Å². The van der Waals surface area contributed by atoms with Gasteiger partial charge < -0.3 is 4.74 Å². The molecule has 0 atom stereocenters. The second-order valence-corrected chi connectivity index (χ2v) is 5.77. The molecule has 1 aromatic rings. The minimum absolute atomic E-state index is 0.488. The fourth-order valence-electron chi connectivity index (χ4n) is 2.39. The van der Waals surface area contributed by atoms with Crippen LogP contribution in [0.1, 0.15) is 51.0 Å². The average molecular weight is 253 g/mol. The van der Waals surface area contributed by atoms with Crippen LogP contribution in [-0.2, 0) is 0 Å². The first-order valence-electron chi connectivity index (χ1n) is 6.58. The van der Waals surface area contributed by atoms with Crippen LogP contribution in [0.2, 0.25) is 5.02 Å². The molecule has 1 saturated carbocycles. The van der Waals surface area contributed by atoms with Gasteiger partial charge >= 0.3 is 0 Å². The molecule has 17 heavy (non-hydrogen) atoms. The Bertz CT molecular complexity index is 367. The second kappa shape index (κ2) is 5.77. The monoisotopic (exact) mass is 252 g/mol. The van der Waals surface area contributed by atoms with E-state index in [1.165, 1.54) is 31.2 Å². The van der Waals surface area contributed by atoms with Gasteiger partial charge in [0.25, 0.3) is 0 Å². The Balaban J connectivity index is 1.99. The lowest BCUT2D eigenvalue weighted by atomic mass is 10.0. The van der Waals surface area contributed by atoms with Gasteiger partial charge in [-0.1, -0.05) is 38.3 Å². The van der Waals surface area contributed by atoms with Crippen LogP contribution in [0.25, 0.3) is 0 Å². The van der Waals surface area contributed by atoms with Crippen LogP contribution in [0.15, 0.2) is 18.2 Å². The Morgan fingerprint density at radius 3 is 2.59 bits per heavy atom. The fourth-order valence-corrected chi connectivity index (χ4v) is 2.63. The zero-order chi connectivity index (χ0) is 12.3. The van der Waals surface area contributed by atoms with Gasteiger partial charge in [0.05, 0.1) is 6.61 Å². The van der Waals surface area contributed by atoms with E-state index in [1.807, 2.05) is 12.1 Å². The zero-order valence-electron chi connectivity index (χ0n) is 10.7. The van der Waals surface area contributed by atoms with Crippen molar-refractivity contribution in [3.05, 3.63) is 28.8 Å². The molecule has 0 bridgehead atoms. The lowest BCUT2D eigenvalue weighted by molar-refractivity contribution is 0.252. The van der Waals surface area contributed by atoms with E-state index < -0.39 is 0 Å².